The number of sulfonamides is 1. The lowest BCUT2D eigenvalue weighted by atomic mass is 10.0. The minimum absolute atomic E-state index is 0.0316. The number of alkyl halides is 3. The quantitative estimate of drug-likeness (QED) is 0.870. The van der Waals surface area contributed by atoms with Crippen LogP contribution in [0.3, 0.4) is 0 Å². The highest BCUT2D eigenvalue weighted by atomic mass is 32.2. The van der Waals surface area contributed by atoms with E-state index in [1.165, 1.54) is 12.1 Å². The molecule has 1 aromatic rings. The van der Waals surface area contributed by atoms with Crippen LogP contribution in [0.1, 0.15) is 31.4 Å². The number of benzene rings is 1. The van der Waals surface area contributed by atoms with E-state index in [1.807, 2.05) is 6.92 Å². The van der Waals surface area contributed by atoms with Crippen molar-refractivity contribution in [2.24, 2.45) is 0 Å². The fourth-order valence-corrected chi connectivity index (χ4v) is 3.71. The van der Waals surface area contributed by atoms with E-state index in [4.69, 9.17) is 0 Å². The van der Waals surface area contributed by atoms with Crippen LogP contribution in [0.15, 0.2) is 24.3 Å². The molecule has 0 unspecified atom stereocenters. The third kappa shape index (κ3) is 5.95. The van der Waals surface area contributed by atoms with Crippen molar-refractivity contribution in [1.29, 1.82) is 0 Å². The molecule has 0 aliphatic carbocycles. The third-order valence-corrected chi connectivity index (χ3v) is 4.82. The molecule has 0 spiro atoms. The van der Waals surface area contributed by atoms with Gasteiger partial charge in [0.05, 0.1) is 6.26 Å². The number of nitrogens with zero attached hydrogens (tertiary/aromatic N) is 1. The number of halogens is 3. The lowest BCUT2D eigenvalue weighted by Crippen LogP contribution is -2.44. The maximum absolute atomic E-state index is 12.2. The molecule has 1 fully saturated rings. The van der Waals surface area contributed by atoms with E-state index in [0.29, 0.717) is 12.8 Å². The maximum Gasteiger partial charge on any atom is 0.573 e. The molecular weight excluding hydrogens is 345 g/mol. The van der Waals surface area contributed by atoms with Gasteiger partial charge in [-0.05, 0) is 37.5 Å². The van der Waals surface area contributed by atoms with E-state index in [9.17, 15) is 21.6 Å². The molecule has 1 aliphatic heterocycles. The second-order valence-electron chi connectivity index (χ2n) is 5.99. The summed E-state index contributed by atoms with van der Waals surface area (Å²) in [5.74, 6) is -0.241. The topological polar surface area (TPSA) is 58.6 Å². The van der Waals surface area contributed by atoms with Crippen LogP contribution in [0.25, 0.3) is 0 Å². The SMILES string of the molecule is C[C@H](c1ccc(OC(F)(F)F)cc1)N1CCC(NS(C)(=O)=O)CC1. The lowest BCUT2D eigenvalue weighted by Gasteiger charge is -2.36. The van der Waals surface area contributed by atoms with Crippen molar-refractivity contribution in [3.05, 3.63) is 29.8 Å². The van der Waals surface area contributed by atoms with Crippen LogP contribution in [0.4, 0.5) is 13.2 Å². The average Bonchev–Trinajstić information content (AvgIpc) is 2.45. The number of nitrogens with one attached hydrogen (secondary N) is 1. The molecule has 2 rings (SSSR count). The van der Waals surface area contributed by atoms with Crippen LogP contribution in [0.2, 0.25) is 0 Å². The molecule has 1 aliphatic rings. The Bertz CT molecular complexity index is 639. The van der Waals surface area contributed by atoms with Crippen molar-refractivity contribution in [1.82, 2.24) is 9.62 Å². The Morgan fingerprint density at radius 3 is 2.21 bits per heavy atom. The molecule has 0 radical (unpaired) electrons. The fraction of sp³-hybridized carbons (Fsp3) is 0.600. The van der Waals surface area contributed by atoms with Crippen molar-refractivity contribution in [3.63, 3.8) is 0 Å². The molecule has 0 aromatic heterocycles. The van der Waals surface area contributed by atoms with Crippen LogP contribution < -0.4 is 9.46 Å². The van der Waals surface area contributed by atoms with Gasteiger partial charge in [0.15, 0.2) is 0 Å². The Hall–Kier alpha value is -1.32. The van der Waals surface area contributed by atoms with E-state index in [1.54, 1.807) is 12.1 Å². The Kier molecular flexibility index (Phi) is 5.77. The molecular formula is C15H21F3N2O3S. The van der Waals surface area contributed by atoms with E-state index in [-0.39, 0.29) is 17.8 Å². The van der Waals surface area contributed by atoms with Gasteiger partial charge in [0.1, 0.15) is 5.75 Å². The summed E-state index contributed by atoms with van der Waals surface area (Å²) in [5.41, 5.74) is 0.888. The number of hydrogen-bond acceptors (Lipinski definition) is 4. The highest BCUT2D eigenvalue weighted by Gasteiger charge is 2.31. The molecule has 24 heavy (non-hydrogen) atoms. The summed E-state index contributed by atoms with van der Waals surface area (Å²) >= 11 is 0. The minimum Gasteiger partial charge on any atom is -0.406 e. The summed E-state index contributed by atoms with van der Waals surface area (Å²) in [5, 5.41) is 0. The molecule has 0 amide bonds. The van der Waals surface area contributed by atoms with Crippen LogP contribution in [0, 0.1) is 0 Å². The van der Waals surface area contributed by atoms with Gasteiger partial charge >= 0.3 is 6.36 Å². The first-order chi connectivity index (χ1) is 11.0. The Morgan fingerprint density at radius 2 is 1.75 bits per heavy atom. The zero-order valence-electron chi connectivity index (χ0n) is 13.5. The van der Waals surface area contributed by atoms with Gasteiger partial charge in [0.25, 0.3) is 0 Å². The summed E-state index contributed by atoms with van der Waals surface area (Å²) < 4.78 is 65.5. The molecule has 1 heterocycles. The van der Waals surface area contributed by atoms with Crippen molar-refractivity contribution >= 4 is 10.0 Å². The molecule has 5 nitrogen and oxygen atoms in total. The molecule has 0 bridgehead atoms. The number of rotatable bonds is 5. The summed E-state index contributed by atoms with van der Waals surface area (Å²) in [6.07, 6.45) is -2.15. The Labute approximate surface area is 139 Å². The van der Waals surface area contributed by atoms with Gasteiger partial charge in [-0.2, -0.15) is 0 Å². The predicted molar refractivity (Wildman–Crippen MR) is 84.1 cm³/mol. The Morgan fingerprint density at radius 1 is 1.21 bits per heavy atom. The first-order valence-electron chi connectivity index (χ1n) is 7.60. The van der Waals surface area contributed by atoms with E-state index < -0.39 is 16.4 Å². The van der Waals surface area contributed by atoms with E-state index in [0.717, 1.165) is 24.9 Å². The fourth-order valence-electron chi connectivity index (χ4n) is 2.87. The first kappa shape index (κ1) is 19.0. The van der Waals surface area contributed by atoms with Crippen molar-refractivity contribution in [2.45, 2.75) is 38.2 Å². The predicted octanol–water partition coefficient (Wildman–Crippen LogP) is 2.66. The molecule has 136 valence electrons. The van der Waals surface area contributed by atoms with Gasteiger partial charge in [0.2, 0.25) is 10.0 Å². The zero-order chi connectivity index (χ0) is 18.0. The second-order valence-corrected chi connectivity index (χ2v) is 7.77. The summed E-state index contributed by atoms with van der Waals surface area (Å²) in [6, 6.07) is 5.81. The van der Waals surface area contributed by atoms with E-state index in [2.05, 4.69) is 14.4 Å². The van der Waals surface area contributed by atoms with Crippen molar-refractivity contribution < 1.29 is 26.3 Å². The normalized spacial score (nSPS) is 19.2. The number of ether oxygens (including phenoxy) is 1. The molecule has 1 saturated heterocycles. The van der Waals surface area contributed by atoms with Crippen LogP contribution >= 0.6 is 0 Å². The van der Waals surface area contributed by atoms with Gasteiger partial charge in [-0.1, -0.05) is 12.1 Å². The highest BCUT2D eigenvalue weighted by Crippen LogP contribution is 2.28. The first-order valence-corrected chi connectivity index (χ1v) is 9.50. The summed E-state index contributed by atoms with van der Waals surface area (Å²) in [4.78, 5) is 2.18. The van der Waals surface area contributed by atoms with Gasteiger partial charge < -0.3 is 4.74 Å². The minimum atomic E-state index is -4.69. The average molecular weight is 366 g/mol. The maximum atomic E-state index is 12.2. The monoisotopic (exact) mass is 366 g/mol. The number of piperidine rings is 1. The van der Waals surface area contributed by atoms with Crippen molar-refractivity contribution in [2.75, 3.05) is 19.3 Å². The zero-order valence-corrected chi connectivity index (χ0v) is 14.3. The third-order valence-electron chi connectivity index (χ3n) is 4.05. The Balaban J connectivity index is 1.92. The largest absolute Gasteiger partial charge is 0.573 e. The number of hydrogen-bond donors (Lipinski definition) is 1. The van der Waals surface area contributed by atoms with Crippen LogP contribution in [-0.4, -0.2) is 45.1 Å². The molecule has 0 saturated carbocycles. The lowest BCUT2D eigenvalue weighted by molar-refractivity contribution is -0.274. The molecule has 1 aromatic carbocycles. The summed E-state index contributed by atoms with van der Waals surface area (Å²) in [6.45, 7) is 3.41. The summed E-state index contributed by atoms with van der Waals surface area (Å²) in [7, 11) is -3.21. The standard InChI is InChI=1S/C15H21F3N2O3S/c1-11(12-3-5-14(6-4-12)23-15(16,17)18)20-9-7-13(8-10-20)19-24(2,21)22/h3-6,11,13,19H,7-10H2,1-2H3/t11-/m1/s1. The molecule has 1 atom stereocenters. The highest BCUT2D eigenvalue weighted by molar-refractivity contribution is 7.88. The van der Waals surface area contributed by atoms with Crippen molar-refractivity contribution in [3.8, 4) is 5.75 Å². The van der Waals surface area contributed by atoms with Crippen LogP contribution in [-0.2, 0) is 10.0 Å². The molecule has 9 heteroatoms. The molecule has 1 N–H and O–H groups in total. The van der Waals surface area contributed by atoms with Gasteiger partial charge in [-0.25, -0.2) is 13.1 Å². The van der Waals surface area contributed by atoms with E-state index >= 15 is 0 Å². The number of likely N-dealkylation sites (tertiary alicyclic amines) is 1. The second kappa shape index (κ2) is 7.28. The van der Waals surface area contributed by atoms with Gasteiger partial charge in [-0.3, -0.25) is 4.90 Å². The van der Waals surface area contributed by atoms with Gasteiger partial charge in [-0.15, -0.1) is 13.2 Å². The van der Waals surface area contributed by atoms with Crippen LogP contribution in [0.5, 0.6) is 5.75 Å². The van der Waals surface area contributed by atoms with Gasteiger partial charge in [0, 0.05) is 25.2 Å². The smallest absolute Gasteiger partial charge is 0.406 e.